The number of piperidine rings is 1. The third-order valence-electron chi connectivity index (χ3n) is 5.21. The minimum absolute atomic E-state index is 0.0526. The summed E-state index contributed by atoms with van der Waals surface area (Å²) in [7, 11) is -3.56. The van der Waals surface area contributed by atoms with Crippen molar-refractivity contribution in [3.63, 3.8) is 0 Å². The van der Waals surface area contributed by atoms with E-state index in [1.54, 1.807) is 6.07 Å². The number of fused-ring (bicyclic) bond motifs is 1. The number of Topliss-reactive ketones (excluding diaryl/α,β-unsaturated/α-hetero) is 1. The molecule has 2 aromatic rings. The molecule has 1 saturated heterocycles. The molecule has 9 heteroatoms. The van der Waals surface area contributed by atoms with Gasteiger partial charge in [0.1, 0.15) is 0 Å². The molecule has 4 rings (SSSR count). The number of rotatable bonds is 5. The number of carbonyl (C=O) groups excluding carboxylic acids is 2. The van der Waals surface area contributed by atoms with Crippen molar-refractivity contribution in [3.05, 3.63) is 47.5 Å². The van der Waals surface area contributed by atoms with Crippen LogP contribution in [0.1, 0.15) is 46.9 Å². The first kappa shape index (κ1) is 20.4. The summed E-state index contributed by atoms with van der Waals surface area (Å²) >= 11 is 0. The summed E-state index contributed by atoms with van der Waals surface area (Å²) in [5.74, 6) is 0.202. The molecule has 1 N–H and O–H groups in total. The Balaban J connectivity index is 1.54. The number of amides is 1. The van der Waals surface area contributed by atoms with Gasteiger partial charge in [-0.25, -0.2) is 8.42 Å². The zero-order valence-corrected chi connectivity index (χ0v) is 17.3. The van der Waals surface area contributed by atoms with E-state index in [2.05, 4.69) is 5.32 Å². The fourth-order valence-electron chi connectivity index (χ4n) is 3.56. The highest BCUT2D eigenvalue weighted by molar-refractivity contribution is 7.89. The van der Waals surface area contributed by atoms with E-state index in [0.717, 1.165) is 19.3 Å². The predicted molar refractivity (Wildman–Crippen MR) is 110 cm³/mol. The molecule has 2 aromatic carbocycles. The molecule has 2 aliphatic rings. The number of nitrogens with one attached hydrogen (secondary N) is 1. The number of hydrogen-bond donors (Lipinski definition) is 1. The number of ether oxygens (including phenoxy) is 2. The molecule has 1 amide bonds. The molecule has 0 atom stereocenters. The summed E-state index contributed by atoms with van der Waals surface area (Å²) in [6, 6.07) is 8.88. The highest BCUT2D eigenvalue weighted by Crippen LogP contribution is 2.37. The van der Waals surface area contributed by atoms with Crippen LogP contribution in [0.15, 0.2) is 41.3 Å². The van der Waals surface area contributed by atoms with Gasteiger partial charge >= 0.3 is 0 Å². The van der Waals surface area contributed by atoms with E-state index in [-0.39, 0.29) is 23.0 Å². The van der Waals surface area contributed by atoms with Crippen molar-refractivity contribution < 1.29 is 27.5 Å². The fraction of sp³-hybridized carbons (Fsp3) is 0.333. The zero-order valence-electron chi connectivity index (χ0n) is 16.5. The Morgan fingerprint density at radius 2 is 1.60 bits per heavy atom. The van der Waals surface area contributed by atoms with Crippen molar-refractivity contribution in [2.24, 2.45) is 0 Å². The predicted octanol–water partition coefficient (Wildman–Crippen LogP) is 3.04. The molecule has 1 fully saturated rings. The Labute approximate surface area is 174 Å². The van der Waals surface area contributed by atoms with Gasteiger partial charge in [0, 0.05) is 30.3 Å². The molecule has 0 aromatic heterocycles. The van der Waals surface area contributed by atoms with Gasteiger partial charge in [0.25, 0.3) is 5.91 Å². The van der Waals surface area contributed by atoms with Gasteiger partial charge in [0.05, 0.1) is 10.6 Å². The SMILES string of the molecule is CC(=O)c1cc2c(cc1NC(=O)c1ccc(S(=O)(=O)N3CCCCC3)cc1)OCO2. The van der Waals surface area contributed by atoms with Crippen molar-refractivity contribution in [1.29, 1.82) is 0 Å². The number of carbonyl (C=O) groups is 2. The van der Waals surface area contributed by atoms with Crippen LogP contribution in [-0.2, 0) is 10.0 Å². The van der Waals surface area contributed by atoms with Gasteiger partial charge in [-0.05, 0) is 50.1 Å². The summed E-state index contributed by atoms with van der Waals surface area (Å²) in [5, 5.41) is 2.70. The standard InChI is InChI=1S/C21H22N2O6S/c1-14(24)17-11-19-20(29-13-28-19)12-18(17)22-21(25)15-5-7-16(8-6-15)30(26,27)23-9-3-2-4-10-23/h5-8,11-12H,2-4,9-10,13H2,1H3,(H,22,25). The fourth-order valence-corrected chi connectivity index (χ4v) is 5.08. The summed E-state index contributed by atoms with van der Waals surface area (Å²) < 4.78 is 37.6. The first-order valence-electron chi connectivity index (χ1n) is 9.72. The number of nitrogens with zero attached hydrogens (tertiary/aromatic N) is 1. The monoisotopic (exact) mass is 430 g/mol. The number of benzene rings is 2. The van der Waals surface area contributed by atoms with Gasteiger partial charge in [-0.2, -0.15) is 4.31 Å². The van der Waals surface area contributed by atoms with Crippen LogP contribution in [0.5, 0.6) is 11.5 Å². The van der Waals surface area contributed by atoms with E-state index in [4.69, 9.17) is 9.47 Å². The van der Waals surface area contributed by atoms with Crippen LogP contribution in [0.4, 0.5) is 5.69 Å². The maximum Gasteiger partial charge on any atom is 0.255 e. The lowest BCUT2D eigenvalue weighted by atomic mass is 10.1. The molecule has 0 radical (unpaired) electrons. The lowest BCUT2D eigenvalue weighted by Gasteiger charge is -2.25. The van der Waals surface area contributed by atoms with E-state index in [1.165, 1.54) is 41.6 Å². The third kappa shape index (κ3) is 3.90. The van der Waals surface area contributed by atoms with Crippen LogP contribution in [0.3, 0.4) is 0 Å². The van der Waals surface area contributed by atoms with Gasteiger partial charge in [0.2, 0.25) is 16.8 Å². The number of hydrogen-bond acceptors (Lipinski definition) is 6. The average Bonchev–Trinajstić information content (AvgIpc) is 3.21. The molecule has 2 aliphatic heterocycles. The Morgan fingerprint density at radius 1 is 0.967 bits per heavy atom. The quantitative estimate of drug-likeness (QED) is 0.732. The second-order valence-electron chi connectivity index (χ2n) is 7.25. The molecule has 0 spiro atoms. The minimum Gasteiger partial charge on any atom is -0.454 e. The van der Waals surface area contributed by atoms with E-state index < -0.39 is 15.9 Å². The maximum atomic E-state index is 12.7. The lowest BCUT2D eigenvalue weighted by Crippen LogP contribution is -2.35. The Hall–Kier alpha value is -2.91. The van der Waals surface area contributed by atoms with E-state index in [9.17, 15) is 18.0 Å². The Morgan fingerprint density at radius 3 is 2.23 bits per heavy atom. The molecule has 30 heavy (non-hydrogen) atoms. The van der Waals surface area contributed by atoms with Crippen LogP contribution in [0.2, 0.25) is 0 Å². The highest BCUT2D eigenvalue weighted by atomic mass is 32.2. The zero-order chi connectivity index (χ0) is 21.3. The second-order valence-corrected chi connectivity index (χ2v) is 9.19. The summed E-state index contributed by atoms with van der Waals surface area (Å²) in [6.07, 6.45) is 2.74. The maximum absolute atomic E-state index is 12.7. The van der Waals surface area contributed by atoms with Gasteiger partial charge in [-0.15, -0.1) is 0 Å². The van der Waals surface area contributed by atoms with Crippen molar-refractivity contribution >= 4 is 27.4 Å². The van der Waals surface area contributed by atoms with Crippen LogP contribution < -0.4 is 14.8 Å². The normalized spacial score (nSPS) is 16.3. The van der Waals surface area contributed by atoms with Gasteiger partial charge in [-0.3, -0.25) is 9.59 Å². The van der Waals surface area contributed by atoms with Gasteiger partial charge < -0.3 is 14.8 Å². The van der Waals surface area contributed by atoms with E-state index in [0.29, 0.717) is 35.8 Å². The van der Waals surface area contributed by atoms with Crippen molar-refractivity contribution in [1.82, 2.24) is 4.31 Å². The number of sulfonamides is 1. The molecule has 0 aliphatic carbocycles. The molecule has 8 nitrogen and oxygen atoms in total. The van der Waals surface area contributed by atoms with Crippen LogP contribution in [-0.4, -0.2) is 44.3 Å². The molecule has 0 saturated carbocycles. The van der Waals surface area contributed by atoms with Gasteiger partial charge in [0.15, 0.2) is 17.3 Å². The van der Waals surface area contributed by atoms with E-state index in [1.807, 2.05) is 0 Å². The second kappa shape index (κ2) is 8.08. The molecule has 0 unspecified atom stereocenters. The average molecular weight is 430 g/mol. The van der Waals surface area contributed by atoms with E-state index >= 15 is 0 Å². The summed E-state index contributed by atoms with van der Waals surface area (Å²) in [5.41, 5.74) is 0.887. The van der Waals surface area contributed by atoms with Crippen LogP contribution in [0, 0.1) is 0 Å². The summed E-state index contributed by atoms with van der Waals surface area (Å²) in [6.45, 7) is 2.48. The smallest absolute Gasteiger partial charge is 0.255 e. The van der Waals surface area contributed by atoms with Crippen LogP contribution >= 0.6 is 0 Å². The Kier molecular flexibility index (Phi) is 5.48. The highest BCUT2D eigenvalue weighted by Gasteiger charge is 2.26. The van der Waals surface area contributed by atoms with Crippen LogP contribution in [0.25, 0.3) is 0 Å². The van der Waals surface area contributed by atoms with Crippen molar-refractivity contribution in [2.45, 2.75) is 31.1 Å². The molecule has 2 heterocycles. The number of ketones is 1. The third-order valence-corrected chi connectivity index (χ3v) is 7.12. The first-order chi connectivity index (χ1) is 14.4. The van der Waals surface area contributed by atoms with Crippen molar-refractivity contribution in [2.75, 3.05) is 25.2 Å². The topological polar surface area (TPSA) is 102 Å². The van der Waals surface area contributed by atoms with Gasteiger partial charge in [-0.1, -0.05) is 6.42 Å². The molecule has 0 bridgehead atoms. The molecular weight excluding hydrogens is 408 g/mol. The minimum atomic E-state index is -3.56. The largest absolute Gasteiger partial charge is 0.454 e. The Bertz CT molecular complexity index is 1090. The molecular formula is C21H22N2O6S. The van der Waals surface area contributed by atoms with Crippen molar-refractivity contribution in [3.8, 4) is 11.5 Å². The lowest BCUT2D eigenvalue weighted by molar-refractivity contribution is 0.101. The summed E-state index contributed by atoms with van der Waals surface area (Å²) in [4.78, 5) is 24.8. The molecule has 158 valence electrons. The first-order valence-corrected chi connectivity index (χ1v) is 11.2. The number of anilines is 1.